The molecule has 0 saturated heterocycles. The second kappa shape index (κ2) is 6.36. The number of para-hydroxylation sites is 1. The summed E-state index contributed by atoms with van der Waals surface area (Å²) in [6.07, 6.45) is 2.75. The van der Waals surface area contributed by atoms with E-state index in [2.05, 4.69) is 16.4 Å². The summed E-state index contributed by atoms with van der Waals surface area (Å²) in [5.41, 5.74) is 7.94. The van der Waals surface area contributed by atoms with E-state index in [4.69, 9.17) is 10.5 Å². The largest absolute Gasteiger partial charge is 0.383 e. The summed E-state index contributed by atoms with van der Waals surface area (Å²) in [7, 11) is 1.53. The van der Waals surface area contributed by atoms with Gasteiger partial charge in [0.2, 0.25) is 5.91 Å². The Morgan fingerprint density at radius 1 is 1.47 bits per heavy atom. The van der Waals surface area contributed by atoms with Gasteiger partial charge in [-0.2, -0.15) is 0 Å². The highest BCUT2D eigenvalue weighted by Gasteiger charge is 2.12. The van der Waals surface area contributed by atoms with E-state index in [1.54, 1.807) is 0 Å². The molecule has 0 aliphatic heterocycles. The average molecular weight is 261 g/mol. The molecule has 102 valence electrons. The van der Waals surface area contributed by atoms with Gasteiger partial charge in [-0.3, -0.25) is 4.79 Å². The van der Waals surface area contributed by atoms with Crippen molar-refractivity contribution in [1.29, 1.82) is 0 Å². The van der Waals surface area contributed by atoms with Crippen molar-refractivity contribution in [1.82, 2.24) is 10.3 Å². The zero-order valence-corrected chi connectivity index (χ0v) is 11.0. The Morgan fingerprint density at radius 3 is 3.05 bits per heavy atom. The number of nitrogens with two attached hydrogens (primary N) is 1. The molecule has 5 nitrogen and oxygen atoms in total. The van der Waals surface area contributed by atoms with E-state index in [0.29, 0.717) is 6.54 Å². The molecular weight excluding hydrogens is 242 g/mol. The Bertz CT molecular complexity index is 550. The zero-order chi connectivity index (χ0) is 13.7. The van der Waals surface area contributed by atoms with E-state index in [0.717, 1.165) is 11.9 Å². The van der Waals surface area contributed by atoms with Crippen molar-refractivity contribution in [2.45, 2.75) is 12.5 Å². The van der Waals surface area contributed by atoms with Gasteiger partial charge in [0.1, 0.15) is 6.04 Å². The van der Waals surface area contributed by atoms with Crippen LogP contribution in [0.2, 0.25) is 0 Å². The van der Waals surface area contributed by atoms with Crippen molar-refractivity contribution >= 4 is 16.8 Å². The van der Waals surface area contributed by atoms with Gasteiger partial charge in [-0.25, -0.2) is 0 Å². The van der Waals surface area contributed by atoms with Crippen LogP contribution in [-0.4, -0.2) is 37.2 Å². The van der Waals surface area contributed by atoms with Gasteiger partial charge in [-0.1, -0.05) is 18.2 Å². The van der Waals surface area contributed by atoms with Gasteiger partial charge in [-0.15, -0.1) is 0 Å². The molecule has 2 rings (SSSR count). The maximum atomic E-state index is 11.6. The minimum absolute atomic E-state index is 0.179. The third-order valence-electron chi connectivity index (χ3n) is 3.05. The minimum atomic E-state index is -0.604. The highest BCUT2D eigenvalue weighted by atomic mass is 16.5. The van der Waals surface area contributed by atoms with Crippen molar-refractivity contribution in [2.24, 2.45) is 5.73 Å². The van der Waals surface area contributed by atoms with Crippen molar-refractivity contribution in [2.75, 3.05) is 20.3 Å². The average Bonchev–Trinajstić information content (AvgIpc) is 2.82. The minimum Gasteiger partial charge on any atom is -0.383 e. The van der Waals surface area contributed by atoms with Crippen LogP contribution in [0.15, 0.2) is 30.5 Å². The Morgan fingerprint density at radius 2 is 2.26 bits per heavy atom. The number of benzene rings is 1. The van der Waals surface area contributed by atoms with Crippen LogP contribution in [0, 0.1) is 0 Å². The van der Waals surface area contributed by atoms with E-state index < -0.39 is 6.04 Å². The first-order valence-electron chi connectivity index (χ1n) is 6.29. The third-order valence-corrected chi connectivity index (χ3v) is 3.05. The molecule has 2 aromatic rings. The predicted octanol–water partition coefficient (Wildman–Crippen LogP) is 0.800. The van der Waals surface area contributed by atoms with Crippen molar-refractivity contribution in [3.63, 3.8) is 0 Å². The molecule has 1 amide bonds. The number of aromatic amines is 1. The fraction of sp³-hybridized carbons (Fsp3) is 0.357. The zero-order valence-electron chi connectivity index (χ0n) is 11.0. The van der Waals surface area contributed by atoms with Crippen molar-refractivity contribution in [3.8, 4) is 0 Å². The summed E-state index contributed by atoms with van der Waals surface area (Å²) in [4.78, 5) is 14.8. The maximum absolute atomic E-state index is 11.6. The Labute approximate surface area is 112 Å². The molecule has 1 atom stereocenters. The lowest BCUT2D eigenvalue weighted by atomic mass is 10.1. The quantitative estimate of drug-likeness (QED) is 0.719. The molecule has 1 unspecified atom stereocenters. The molecule has 1 aromatic carbocycles. The summed E-state index contributed by atoms with van der Waals surface area (Å²) in [5.74, 6) is -0.179. The van der Waals surface area contributed by atoms with Crippen LogP contribution in [0.1, 0.15) is 5.56 Å². The number of carbonyl (C=O) groups is 1. The van der Waals surface area contributed by atoms with Crippen LogP contribution in [0.3, 0.4) is 0 Å². The summed E-state index contributed by atoms with van der Waals surface area (Å²) in [5, 5.41) is 4.00. The summed E-state index contributed by atoms with van der Waals surface area (Å²) in [6.45, 7) is 0.803. The lowest BCUT2D eigenvalue weighted by Gasteiger charge is -2.10. The molecule has 0 saturated carbocycles. The van der Waals surface area contributed by atoms with Crippen LogP contribution in [0.4, 0.5) is 0 Å². The van der Waals surface area contributed by atoms with Gasteiger partial charge in [0.25, 0.3) is 0 Å². The second-order valence-electron chi connectivity index (χ2n) is 4.46. The Hall–Kier alpha value is -1.85. The number of rotatable bonds is 6. The maximum Gasteiger partial charge on any atom is 0.239 e. The van der Waals surface area contributed by atoms with Gasteiger partial charge in [-0.05, 0) is 18.1 Å². The van der Waals surface area contributed by atoms with E-state index in [9.17, 15) is 4.79 Å². The lowest BCUT2D eigenvalue weighted by molar-refractivity contribution is -0.123. The molecule has 0 bridgehead atoms. The second-order valence-corrected chi connectivity index (χ2v) is 4.46. The fourth-order valence-electron chi connectivity index (χ4n) is 2.05. The number of hydrogen-bond donors (Lipinski definition) is 3. The predicted molar refractivity (Wildman–Crippen MR) is 74.9 cm³/mol. The van der Waals surface area contributed by atoms with E-state index in [-0.39, 0.29) is 12.5 Å². The number of nitrogens with one attached hydrogen (secondary N) is 2. The number of hydrogen-bond acceptors (Lipinski definition) is 3. The van der Waals surface area contributed by atoms with E-state index >= 15 is 0 Å². The van der Waals surface area contributed by atoms with Gasteiger partial charge in [0.05, 0.1) is 6.61 Å². The Kier molecular flexibility index (Phi) is 4.54. The van der Waals surface area contributed by atoms with E-state index in [1.165, 1.54) is 18.1 Å². The van der Waals surface area contributed by atoms with Crippen molar-refractivity contribution < 1.29 is 9.53 Å². The van der Waals surface area contributed by atoms with Crippen LogP contribution in [0.5, 0.6) is 0 Å². The van der Waals surface area contributed by atoms with Crippen LogP contribution >= 0.6 is 0 Å². The molecule has 1 heterocycles. The number of methoxy groups -OCH3 is 1. The molecule has 4 N–H and O–H groups in total. The summed E-state index contributed by atoms with van der Waals surface area (Å²) in [6, 6.07) is 7.50. The van der Waals surface area contributed by atoms with Crippen LogP contribution < -0.4 is 11.1 Å². The number of aromatic nitrogens is 1. The first kappa shape index (κ1) is 13.6. The van der Waals surface area contributed by atoms with E-state index in [1.807, 2.05) is 24.4 Å². The first-order chi connectivity index (χ1) is 9.22. The van der Waals surface area contributed by atoms with Crippen LogP contribution in [0.25, 0.3) is 10.9 Å². The number of ether oxygens (including phenoxy) is 1. The molecule has 0 aliphatic carbocycles. The standard InChI is InChI=1S/C14H19N3O2/c1-19-9-12(15)14(18)16-7-6-10-8-17-13-5-3-2-4-11(10)13/h2-5,8,12,17H,6-7,9,15H2,1H3,(H,16,18). The highest BCUT2D eigenvalue weighted by molar-refractivity contribution is 5.83. The van der Waals surface area contributed by atoms with Crippen LogP contribution in [-0.2, 0) is 16.0 Å². The van der Waals surface area contributed by atoms with Gasteiger partial charge < -0.3 is 20.8 Å². The molecule has 0 fully saturated rings. The number of amides is 1. The molecular formula is C14H19N3O2. The normalized spacial score (nSPS) is 12.5. The lowest BCUT2D eigenvalue weighted by Crippen LogP contribution is -2.44. The van der Waals surface area contributed by atoms with Gasteiger partial charge >= 0.3 is 0 Å². The third kappa shape index (κ3) is 3.33. The number of H-pyrrole nitrogens is 1. The van der Waals surface area contributed by atoms with Crippen molar-refractivity contribution in [3.05, 3.63) is 36.0 Å². The summed E-state index contributed by atoms with van der Waals surface area (Å²) >= 11 is 0. The molecule has 5 heteroatoms. The molecule has 0 spiro atoms. The van der Waals surface area contributed by atoms with Gasteiger partial charge in [0, 0.05) is 30.8 Å². The smallest absolute Gasteiger partial charge is 0.239 e. The fourth-order valence-corrected chi connectivity index (χ4v) is 2.05. The molecule has 19 heavy (non-hydrogen) atoms. The monoisotopic (exact) mass is 261 g/mol. The number of fused-ring (bicyclic) bond motifs is 1. The molecule has 0 aliphatic rings. The number of carbonyl (C=O) groups excluding carboxylic acids is 1. The molecule has 0 radical (unpaired) electrons. The van der Waals surface area contributed by atoms with Gasteiger partial charge in [0.15, 0.2) is 0 Å². The molecule has 1 aromatic heterocycles. The Balaban J connectivity index is 1.87. The highest BCUT2D eigenvalue weighted by Crippen LogP contribution is 2.17. The first-order valence-corrected chi connectivity index (χ1v) is 6.29. The topological polar surface area (TPSA) is 80.1 Å². The summed E-state index contributed by atoms with van der Waals surface area (Å²) < 4.78 is 4.84. The SMILES string of the molecule is COCC(N)C(=O)NCCc1c[nH]c2ccccc12.